The predicted octanol–water partition coefficient (Wildman–Crippen LogP) is 10.7. The smallest absolute Gasteiger partial charge is 0.870 e. The van der Waals surface area contributed by atoms with Crippen molar-refractivity contribution in [3.8, 4) is 5.75 Å². The zero-order chi connectivity index (χ0) is 76.9. The fraction of sp³-hybridized carbons (Fsp3) is 0.281. The summed E-state index contributed by atoms with van der Waals surface area (Å²) >= 11 is 8.57. The number of phenols is 1. The molecule has 0 fully saturated rings. The van der Waals surface area contributed by atoms with Crippen molar-refractivity contribution in [2.75, 3.05) is 11.5 Å². The topological polar surface area (TPSA) is 393 Å². The largest absolute Gasteiger partial charge is 1.00 e. The van der Waals surface area contributed by atoms with E-state index in [1.54, 1.807) is 66.7 Å². The van der Waals surface area contributed by atoms with Crippen LogP contribution < -0.4 is 29.6 Å². The molecule has 0 heterocycles. The van der Waals surface area contributed by atoms with E-state index in [0.29, 0.717) is 68.9 Å². The molecular weight excluding hydrogens is 1440 g/mol. The minimum Gasteiger partial charge on any atom is -0.870 e. The standard InChI is InChI=1S/C14H16O3S.C12H12O2.C11H12O2.C10H10O4S.C10H10O3.C3H6.C2F6O5S2.C2H4OS.FHO.Na.H2O.H2/c1-9(15)13-5-4-12(6-7-18-11(3)17)14(8-13)10(2)16;1-4-10-5-6-11(8(2)13)7-12(10)9(3)14;1-7-4-5-10(8(2)12)6-11(7)9(3)13;11-9(12)7-2-1-6(3-4-15)8(5-7)10(13)14;1-6(11)8-3-4-10(13)9(5-8)7(2)12;1-3-2;3-1(4,5)14(9,10)13-15(11,12)2(6,7)8;1-2(3)4;1-2;;;/h4-5,8H,6-7H2,1-3H3;4-7H,1H2,2-3H3;4-6H,1-3H3;1-2,5,15H,3-4H2,(H,11,12)(H,13,14);3-5,13H,1-2H3;3H,1H2,2H3;;1H3,(H,3,4);2H;;1H2;1H/q;;;;;;;;;+1;;/p-1/i;;;;;;;;;;;1+2. The number of allylic oxidation sites excluding steroid dienone is 1. The number of Topliss-reactive ketones (excluding diaryl/α,β-unsaturated/α-hetero) is 8. The molecule has 0 unspecified atom stereocenters. The number of hydrogen-bond acceptors (Lipinski definition) is 22. The Balaban J connectivity index is -0.000000202. The molecule has 0 amide bonds. The fourth-order valence-corrected chi connectivity index (χ4v) is 9.01. The Bertz CT molecular complexity index is 3800. The fourth-order valence-electron chi connectivity index (χ4n) is 6.60. The van der Waals surface area contributed by atoms with E-state index in [4.69, 9.17) is 20.1 Å². The average molecular weight is 1510 g/mol. The third kappa shape index (κ3) is 40.3. The maximum Gasteiger partial charge on any atom is 1.00 e. The Hall–Kier alpha value is -7.64. The molecule has 0 aromatic heterocycles. The van der Waals surface area contributed by atoms with Crippen LogP contribution in [0.5, 0.6) is 5.75 Å². The zero-order valence-electron chi connectivity index (χ0n) is 55.5. The SMILES string of the molecule is C=CC.C=Cc1ccc(C(C)=O)cc1C(C)=O.CC(=O)S.CC(=O)SCCc1ccc(C(C)=O)cc1C(C)=O.CC(=O)c1ccc(C)c(C(C)=O)c1.CC(=O)c1ccc(O)c(C(C)=O)c1.O=C(O)c1ccc(CCS)c(C(=O)O)c1.O=S(=O)(OS(=O)(=O)C(F)(F)F)C(F)(F)F.OF.[3HH].[Na+].[OH-]. The van der Waals surface area contributed by atoms with E-state index in [2.05, 4.69) is 38.4 Å². The van der Waals surface area contributed by atoms with Gasteiger partial charge in [0.25, 0.3) is 0 Å². The Morgan fingerprint density at radius 2 is 0.828 bits per heavy atom. The first-order chi connectivity index (χ1) is 44.4. The van der Waals surface area contributed by atoms with E-state index in [9.17, 15) is 106 Å². The number of thiol groups is 2. The number of rotatable bonds is 18. The first-order valence-corrected chi connectivity index (χ1v) is 31.8. The van der Waals surface area contributed by atoms with Gasteiger partial charge < -0.3 is 20.8 Å². The van der Waals surface area contributed by atoms with Crippen molar-refractivity contribution in [2.24, 2.45) is 0 Å². The number of carboxylic acid groups (broad SMARTS) is 2. The van der Waals surface area contributed by atoms with Crippen molar-refractivity contribution in [3.63, 3.8) is 0 Å². The number of benzene rings is 5. The Morgan fingerprint density at radius 3 is 1.15 bits per heavy atom. The molecule has 22 nitrogen and oxygen atoms in total. The van der Waals surface area contributed by atoms with Crippen LogP contribution in [-0.2, 0) is 46.3 Å². The number of phenolic OH excluding ortho intramolecular Hbond substituents is 1. The van der Waals surface area contributed by atoms with Gasteiger partial charge in [-0.1, -0.05) is 77.5 Å². The molecule has 5 aromatic carbocycles. The molecule has 0 atom stereocenters. The minimum atomic E-state index is -6.85. The molecule has 0 saturated heterocycles. The first kappa shape index (κ1) is 102. The first-order valence-electron chi connectivity index (χ1n) is 26.9. The molecule has 5 rings (SSSR count). The van der Waals surface area contributed by atoms with E-state index in [-0.39, 0.29) is 115 Å². The molecule has 542 valence electrons. The molecule has 0 radical (unpaired) electrons. The van der Waals surface area contributed by atoms with Gasteiger partial charge >= 0.3 is 72.7 Å². The van der Waals surface area contributed by atoms with Crippen molar-refractivity contribution in [2.45, 2.75) is 107 Å². The molecule has 99 heavy (non-hydrogen) atoms. The molecule has 5 N–H and O–H groups in total. The predicted molar refractivity (Wildman–Crippen MR) is 361 cm³/mol. The van der Waals surface area contributed by atoms with Gasteiger partial charge in [0.2, 0.25) is 0 Å². The van der Waals surface area contributed by atoms with Gasteiger partial charge in [0.1, 0.15) is 5.75 Å². The van der Waals surface area contributed by atoms with Gasteiger partial charge in [0, 0.05) is 60.0 Å². The van der Waals surface area contributed by atoms with Crippen LogP contribution in [0.4, 0.5) is 30.9 Å². The van der Waals surface area contributed by atoms with Gasteiger partial charge in [-0.2, -0.15) is 55.8 Å². The number of thioether (sulfide) groups is 1. The van der Waals surface area contributed by atoms with E-state index in [0.717, 1.165) is 16.7 Å². The Labute approximate surface area is 606 Å². The monoisotopic (exact) mass is 1510 g/mol. The van der Waals surface area contributed by atoms with Crippen molar-refractivity contribution < 1.29 is 166 Å². The number of carboxylic acids is 2. The van der Waals surface area contributed by atoms with Crippen molar-refractivity contribution in [3.05, 3.63) is 188 Å². The molecule has 0 aliphatic heterocycles. The minimum absolute atomic E-state index is 0. The molecule has 0 bridgehead atoms. The van der Waals surface area contributed by atoms with Crippen LogP contribution in [0.2, 0.25) is 0 Å². The third-order valence-corrected chi connectivity index (χ3v) is 14.8. The molecule has 0 spiro atoms. The summed E-state index contributed by atoms with van der Waals surface area (Å²) < 4.78 is 119. The van der Waals surface area contributed by atoms with Gasteiger partial charge in [-0.25, -0.2) is 14.9 Å². The summed E-state index contributed by atoms with van der Waals surface area (Å²) in [5.41, 5.74) is -5.26. The summed E-state index contributed by atoms with van der Waals surface area (Å²) in [5.74, 6) is -1.75. The van der Waals surface area contributed by atoms with Crippen LogP contribution in [0.25, 0.3) is 6.08 Å². The summed E-state index contributed by atoms with van der Waals surface area (Å²) in [6.45, 7) is 25.3. The van der Waals surface area contributed by atoms with Crippen LogP contribution in [0.1, 0.15) is 203 Å². The van der Waals surface area contributed by atoms with Crippen molar-refractivity contribution in [1.29, 1.82) is 0 Å². The van der Waals surface area contributed by atoms with Crippen LogP contribution in [0, 0.1) is 6.92 Å². The zero-order valence-corrected chi connectivity index (χ0v) is 61.7. The van der Waals surface area contributed by atoms with E-state index < -0.39 is 43.2 Å². The molecule has 5 aromatic rings. The summed E-state index contributed by atoms with van der Waals surface area (Å²) in [4.78, 5) is 131. The number of carbonyl (C=O) groups excluding carboxylic acids is 10. The van der Waals surface area contributed by atoms with Crippen LogP contribution >= 0.6 is 37.0 Å². The molecule has 35 heteroatoms. The molecule has 0 saturated carbocycles. The van der Waals surface area contributed by atoms with Gasteiger partial charge in [0.15, 0.2) is 56.5 Å². The second kappa shape index (κ2) is 49.8. The number of hydrogen-bond donors (Lipinski definition) is 6. The Kier molecular flexibility index (Phi) is 51.5. The summed E-state index contributed by atoms with van der Waals surface area (Å²) in [7, 11) is -13.7. The van der Waals surface area contributed by atoms with Gasteiger partial charge in [-0.05, 0) is 159 Å². The van der Waals surface area contributed by atoms with E-state index >= 15 is 0 Å². The Morgan fingerprint density at radius 1 is 0.515 bits per heavy atom. The second-order valence-corrected chi connectivity index (χ2v) is 24.6. The van der Waals surface area contributed by atoms with Crippen molar-refractivity contribution >= 4 is 132 Å². The molecular formula is C64H74F7NaO22S5. The third-order valence-electron chi connectivity index (χ3n) is 11.2. The van der Waals surface area contributed by atoms with Crippen LogP contribution in [-0.4, -0.2) is 134 Å². The number of aromatic carboxylic acids is 2. The maximum atomic E-state index is 11.6. The number of alkyl halides is 6. The number of aromatic hydroxyl groups is 1. The van der Waals surface area contributed by atoms with Gasteiger partial charge in [-0.3, -0.25) is 47.9 Å². The van der Waals surface area contributed by atoms with Crippen LogP contribution in [0.3, 0.4) is 0 Å². The number of halogens is 7. The molecule has 0 aliphatic rings. The second-order valence-electron chi connectivity index (χ2n) is 18.9. The number of ketones is 8. The normalized spacial score (nSPS) is 10.0. The maximum absolute atomic E-state index is 11.6. The summed E-state index contributed by atoms with van der Waals surface area (Å²) in [6, 6.07) is 23.7. The van der Waals surface area contributed by atoms with Crippen molar-refractivity contribution in [1.82, 2.24) is 0 Å². The summed E-state index contributed by atoms with van der Waals surface area (Å²) in [6.07, 6.45) is 4.52. The van der Waals surface area contributed by atoms with E-state index in [1.165, 1.54) is 117 Å². The van der Waals surface area contributed by atoms with E-state index in [1.807, 2.05) is 17.5 Å². The average Bonchev–Trinajstić information content (AvgIpc) is 0.793. The summed E-state index contributed by atoms with van der Waals surface area (Å²) in [5, 5.41) is 32.3. The molecule has 0 aliphatic carbocycles. The van der Waals surface area contributed by atoms with Gasteiger partial charge in [0.05, 0.1) is 16.7 Å². The number of aryl methyl sites for hydroxylation is 3. The van der Waals surface area contributed by atoms with Gasteiger partial charge in [-0.15, -0.1) is 22.8 Å². The number of carbonyl (C=O) groups is 12. The quantitative estimate of drug-likeness (QED) is 0.0118. The van der Waals surface area contributed by atoms with Crippen LogP contribution in [0.15, 0.2) is 110 Å².